The van der Waals surface area contributed by atoms with Crippen molar-refractivity contribution in [2.45, 2.75) is 19.6 Å². The first-order chi connectivity index (χ1) is 12.5. The van der Waals surface area contributed by atoms with Gasteiger partial charge in [0.05, 0.1) is 17.3 Å². The summed E-state index contributed by atoms with van der Waals surface area (Å²) >= 11 is 0. The lowest BCUT2D eigenvalue weighted by atomic mass is 10.1. The zero-order valence-corrected chi connectivity index (χ0v) is 13.7. The minimum Gasteiger partial charge on any atom is -0.435 e. The predicted octanol–water partition coefficient (Wildman–Crippen LogP) is 2.75. The number of nitrogens with zero attached hydrogens (tertiary/aromatic N) is 4. The number of alkyl halides is 2. The number of para-hydroxylation sites is 1. The first kappa shape index (κ1) is 17.5. The fourth-order valence-electron chi connectivity index (χ4n) is 2.43. The van der Waals surface area contributed by atoms with Gasteiger partial charge in [-0.15, -0.1) is 5.10 Å². The fraction of sp³-hybridized carbons (Fsp3) is 0.176. The van der Waals surface area contributed by atoms with Crippen LogP contribution in [-0.4, -0.2) is 32.7 Å². The van der Waals surface area contributed by atoms with Gasteiger partial charge in [0.2, 0.25) is 0 Å². The van der Waals surface area contributed by atoms with Crippen LogP contribution in [-0.2, 0) is 0 Å². The second kappa shape index (κ2) is 7.68. The summed E-state index contributed by atoms with van der Waals surface area (Å²) in [5.74, 6) is -0.247. The van der Waals surface area contributed by atoms with Gasteiger partial charge in [-0.2, -0.15) is 13.5 Å². The van der Waals surface area contributed by atoms with Crippen molar-refractivity contribution in [3.63, 3.8) is 0 Å². The lowest BCUT2D eigenvalue weighted by molar-refractivity contribution is -0.0498. The molecule has 7 nitrogen and oxygen atoms in total. The van der Waals surface area contributed by atoms with E-state index in [0.29, 0.717) is 11.3 Å². The van der Waals surface area contributed by atoms with Gasteiger partial charge in [-0.3, -0.25) is 4.79 Å². The maximum Gasteiger partial charge on any atom is 0.387 e. The number of amides is 1. The first-order valence-corrected chi connectivity index (χ1v) is 7.72. The number of rotatable bonds is 6. The van der Waals surface area contributed by atoms with E-state index >= 15 is 0 Å². The molecule has 0 aliphatic rings. The molecule has 9 heteroatoms. The summed E-state index contributed by atoms with van der Waals surface area (Å²) in [5.41, 5.74) is 1.70. The number of carbonyl (C=O) groups excluding carboxylic acids is 1. The van der Waals surface area contributed by atoms with Crippen LogP contribution in [0, 0.1) is 0 Å². The minimum atomic E-state index is -2.87. The number of hydrogen-bond acceptors (Lipinski definition) is 5. The van der Waals surface area contributed by atoms with E-state index < -0.39 is 6.61 Å². The number of nitrogens with one attached hydrogen (secondary N) is 1. The van der Waals surface area contributed by atoms with Crippen molar-refractivity contribution in [3.8, 4) is 11.4 Å². The maximum atomic E-state index is 12.6. The van der Waals surface area contributed by atoms with Crippen LogP contribution in [0.4, 0.5) is 8.78 Å². The van der Waals surface area contributed by atoms with Gasteiger partial charge in [-0.1, -0.05) is 24.3 Å². The van der Waals surface area contributed by atoms with Crippen LogP contribution in [0.1, 0.15) is 28.9 Å². The second-order valence-electron chi connectivity index (χ2n) is 5.41. The van der Waals surface area contributed by atoms with Gasteiger partial charge in [-0.05, 0) is 47.2 Å². The Morgan fingerprint density at radius 1 is 1.15 bits per heavy atom. The molecule has 1 atom stereocenters. The Morgan fingerprint density at radius 3 is 2.54 bits per heavy atom. The Morgan fingerprint density at radius 2 is 1.88 bits per heavy atom. The smallest absolute Gasteiger partial charge is 0.387 e. The second-order valence-corrected chi connectivity index (χ2v) is 5.41. The van der Waals surface area contributed by atoms with Gasteiger partial charge in [0.1, 0.15) is 12.1 Å². The van der Waals surface area contributed by atoms with Crippen LogP contribution in [0.15, 0.2) is 54.9 Å². The van der Waals surface area contributed by atoms with Gasteiger partial charge >= 0.3 is 6.61 Å². The topological polar surface area (TPSA) is 81.9 Å². The molecule has 1 heterocycles. The van der Waals surface area contributed by atoms with Crippen LogP contribution in [0.25, 0.3) is 5.69 Å². The van der Waals surface area contributed by atoms with Gasteiger partial charge in [-0.25, -0.2) is 0 Å². The van der Waals surface area contributed by atoms with Crippen molar-refractivity contribution in [3.05, 3.63) is 66.0 Å². The monoisotopic (exact) mass is 359 g/mol. The van der Waals surface area contributed by atoms with Crippen LogP contribution in [0.2, 0.25) is 0 Å². The molecule has 1 amide bonds. The molecule has 3 rings (SSSR count). The zero-order chi connectivity index (χ0) is 18.5. The number of tetrazole rings is 1. The van der Waals surface area contributed by atoms with E-state index in [1.165, 1.54) is 23.1 Å². The van der Waals surface area contributed by atoms with Gasteiger partial charge in [0.15, 0.2) is 0 Å². The Balaban J connectivity index is 1.74. The molecule has 0 radical (unpaired) electrons. The third kappa shape index (κ3) is 4.00. The third-order valence-corrected chi connectivity index (χ3v) is 3.70. The number of carbonyl (C=O) groups is 1. The maximum absolute atomic E-state index is 12.6. The largest absolute Gasteiger partial charge is 0.435 e. The normalized spacial score (nSPS) is 12.0. The Hall–Kier alpha value is -3.36. The number of ether oxygens (including phenoxy) is 1. The molecule has 1 unspecified atom stereocenters. The van der Waals surface area contributed by atoms with Crippen molar-refractivity contribution < 1.29 is 18.3 Å². The van der Waals surface area contributed by atoms with Crippen molar-refractivity contribution in [1.82, 2.24) is 25.5 Å². The number of aromatic nitrogens is 4. The molecule has 1 aromatic heterocycles. The van der Waals surface area contributed by atoms with Crippen molar-refractivity contribution in [1.29, 1.82) is 0 Å². The molecule has 0 aliphatic carbocycles. The van der Waals surface area contributed by atoms with Crippen molar-refractivity contribution >= 4 is 5.91 Å². The van der Waals surface area contributed by atoms with E-state index in [1.54, 1.807) is 43.3 Å². The molecule has 0 saturated heterocycles. The SMILES string of the molecule is CC(NC(=O)c1ccccc1-n1cnnn1)c1ccc(OC(F)F)cc1. The van der Waals surface area contributed by atoms with Gasteiger partial charge < -0.3 is 10.1 Å². The molecule has 3 aromatic rings. The average molecular weight is 359 g/mol. The van der Waals surface area contributed by atoms with Crippen LogP contribution in [0.5, 0.6) is 5.75 Å². The molecule has 0 saturated carbocycles. The van der Waals surface area contributed by atoms with E-state index in [9.17, 15) is 13.6 Å². The van der Waals surface area contributed by atoms with E-state index in [2.05, 4.69) is 25.6 Å². The lowest BCUT2D eigenvalue weighted by Crippen LogP contribution is -2.27. The minimum absolute atomic E-state index is 0.0614. The highest BCUT2D eigenvalue weighted by Gasteiger charge is 2.16. The van der Waals surface area contributed by atoms with Crippen LogP contribution >= 0.6 is 0 Å². The first-order valence-electron chi connectivity index (χ1n) is 7.72. The molecule has 1 N–H and O–H groups in total. The molecule has 0 spiro atoms. The van der Waals surface area contributed by atoms with Gasteiger partial charge in [0.25, 0.3) is 5.91 Å². The summed E-state index contributed by atoms with van der Waals surface area (Å²) in [6.45, 7) is -1.08. The highest BCUT2D eigenvalue weighted by atomic mass is 19.3. The van der Waals surface area contributed by atoms with Crippen molar-refractivity contribution in [2.24, 2.45) is 0 Å². The quantitative estimate of drug-likeness (QED) is 0.732. The summed E-state index contributed by atoms with van der Waals surface area (Å²) in [7, 11) is 0. The zero-order valence-electron chi connectivity index (χ0n) is 13.7. The Bertz CT molecular complexity index is 869. The summed E-state index contributed by atoms with van der Waals surface area (Å²) in [6, 6.07) is 12.7. The predicted molar refractivity (Wildman–Crippen MR) is 88.1 cm³/mol. The molecular formula is C17H15F2N5O2. The molecule has 134 valence electrons. The van der Waals surface area contributed by atoms with E-state index in [4.69, 9.17) is 0 Å². The fourth-order valence-corrected chi connectivity index (χ4v) is 2.43. The molecule has 0 aliphatic heterocycles. The summed E-state index contributed by atoms with van der Waals surface area (Å²) < 4.78 is 30.1. The molecule has 26 heavy (non-hydrogen) atoms. The van der Waals surface area contributed by atoms with E-state index in [1.807, 2.05) is 0 Å². The summed E-state index contributed by atoms with van der Waals surface area (Å²) in [4.78, 5) is 12.6. The molecule has 0 fully saturated rings. The number of hydrogen-bond donors (Lipinski definition) is 1. The molecule has 0 bridgehead atoms. The average Bonchev–Trinajstić information content (AvgIpc) is 3.16. The Kier molecular flexibility index (Phi) is 5.16. The molecular weight excluding hydrogens is 344 g/mol. The van der Waals surface area contributed by atoms with E-state index in [-0.39, 0.29) is 17.7 Å². The van der Waals surface area contributed by atoms with E-state index in [0.717, 1.165) is 5.56 Å². The highest BCUT2D eigenvalue weighted by Crippen LogP contribution is 2.20. The Labute approximate surface area is 147 Å². The highest BCUT2D eigenvalue weighted by molar-refractivity contribution is 5.97. The molecule has 2 aromatic carbocycles. The number of halogens is 2. The third-order valence-electron chi connectivity index (χ3n) is 3.70. The van der Waals surface area contributed by atoms with Crippen molar-refractivity contribution in [2.75, 3.05) is 0 Å². The standard InChI is InChI=1S/C17H15F2N5O2/c1-11(12-6-8-13(9-7-12)26-17(18)19)21-16(25)14-4-2-3-5-15(14)24-10-20-22-23-24/h2-11,17H,1H3,(H,21,25). The van der Waals surface area contributed by atoms with Crippen LogP contribution in [0.3, 0.4) is 0 Å². The summed E-state index contributed by atoms with van der Waals surface area (Å²) in [5, 5.41) is 13.8. The number of benzene rings is 2. The van der Waals surface area contributed by atoms with Gasteiger partial charge in [0, 0.05) is 0 Å². The lowest BCUT2D eigenvalue weighted by Gasteiger charge is -2.16. The van der Waals surface area contributed by atoms with Crippen LogP contribution < -0.4 is 10.1 Å². The summed E-state index contributed by atoms with van der Waals surface area (Å²) in [6.07, 6.45) is 1.40.